The van der Waals surface area contributed by atoms with E-state index in [9.17, 15) is 19.5 Å². The number of aliphatic carboxylic acids is 1. The number of carboxylic acid groups (broad SMARTS) is 1. The number of rotatable bonds is 16. The van der Waals surface area contributed by atoms with E-state index >= 15 is 0 Å². The van der Waals surface area contributed by atoms with Gasteiger partial charge in [-0.2, -0.15) is 0 Å². The summed E-state index contributed by atoms with van der Waals surface area (Å²) >= 11 is 1.41. The lowest BCUT2D eigenvalue weighted by Crippen LogP contribution is -2.52. The zero-order valence-corrected chi connectivity index (χ0v) is 30.9. The Bertz CT molecular complexity index is 1750. The van der Waals surface area contributed by atoms with Crippen LogP contribution in [-0.2, 0) is 21.4 Å². The minimum atomic E-state index is -0.913. The van der Waals surface area contributed by atoms with E-state index in [1.54, 1.807) is 18.5 Å². The lowest BCUT2D eigenvalue weighted by Gasteiger charge is -2.23. The standard InChI is InChI=1S/C41H50N4O5S/c1-5-6-7-8-9-23-50-31-19-17-28(18-20-31)30-25-42-37(43-26-30)29-15-13-27(14-16-29)24-34(38(46)44-33-12-10-11-32(33)40(48)49)45-39(47)35-21-22-36(51-35)41(2,3)4/h13-22,25-26,32-34H,5-12,23-24H2,1-4H3,(H,44,46)(H,45,47)(H,48,49)/t32-,33+,34+/m1/s1. The van der Waals surface area contributed by atoms with Crippen LogP contribution in [0.2, 0.25) is 0 Å². The van der Waals surface area contributed by atoms with Crippen molar-refractivity contribution >= 4 is 29.1 Å². The van der Waals surface area contributed by atoms with Crippen molar-refractivity contribution < 1.29 is 24.2 Å². The number of benzene rings is 2. The maximum Gasteiger partial charge on any atom is 0.308 e. The topological polar surface area (TPSA) is 131 Å². The first-order valence-electron chi connectivity index (χ1n) is 18.1. The van der Waals surface area contributed by atoms with E-state index in [-0.39, 0.29) is 23.7 Å². The molecule has 1 aliphatic carbocycles. The molecule has 1 fully saturated rings. The first-order chi connectivity index (χ1) is 24.5. The molecule has 3 N–H and O–H groups in total. The highest BCUT2D eigenvalue weighted by molar-refractivity contribution is 7.14. The molecule has 2 aromatic heterocycles. The summed E-state index contributed by atoms with van der Waals surface area (Å²) in [6.45, 7) is 9.21. The molecule has 0 aliphatic heterocycles. The number of hydrogen-bond donors (Lipinski definition) is 3. The third-order valence-electron chi connectivity index (χ3n) is 9.36. The van der Waals surface area contributed by atoms with Crippen LogP contribution in [0.5, 0.6) is 5.75 Å². The highest BCUT2D eigenvalue weighted by Crippen LogP contribution is 2.30. The van der Waals surface area contributed by atoms with Crippen LogP contribution in [0.3, 0.4) is 0 Å². The van der Waals surface area contributed by atoms with Gasteiger partial charge in [-0.15, -0.1) is 11.3 Å². The fourth-order valence-electron chi connectivity index (χ4n) is 6.30. The van der Waals surface area contributed by atoms with Crippen molar-refractivity contribution in [3.63, 3.8) is 0 Å². The molecule has 0 saturated heterocycles. The first kappa shape index (κ1) is 37.7. The summed E-state index contributed by atoms with van der Waals surface area (Å²) in [5.41, 5.74) is 3.46. The highest BCUT2D eigenvalue weighted by Gasteiger charge is 2.35. The second-order valence-electron chi connectivity index (χ2n) is 14.4. The van der Waals surface area contributed by atoms with Gasteiger partial charge in [0.25, 0.3) is 5.91 Å². The zero-order valence-electron chi connectivity index (χ0n) is 30.1. The number of carbonyl (C=O) groups excluding carboxylic acids is 2. The van der Waals surface area contributed by atoms with Gasteiger partial charge in [0.2, 0.25) is 5.91 Å². The molecule has 0 spiro atoms. The van der Waals surface area contributed by atoms with Crippen LogP contribution in [0.1, 0.15) is 99.2 Å². The van der Waals surface area contributed by atoms with Gasteiger partial charge in [-0.3, -0.25) is 14.4 Å². The number of thiophene rings is 1. The number of carboxylic acids is 1. The Hall–Kier alpha value is -4.57. The van der Waals surface area contributed by atoms with Crippen molar-refractivity contribution in [3.05, 3.63) is 88.4 Å². The molecule has 9 nitrogen and oxygen atoms in total. The van der Waals surface area contributed by atoms with Crippen molar-refractivity contribution in [2.75, 3.05) is 6.61 Å². The summed E-state index contributed by atoms with van der Waals surface area (Å²) in [7, 11) is 0. The molecule has 3 atom stereocenters. The van der Waals surface area contributed by atoms with Gasteiger partial charge in [0.05, 0.1) is 17.4 Å². The van der Waals surface area contributed by atoms with E-state index in [0.29, 0.717) is 23.5 Å². The third-order valence-corrected chi connectivity index (χ3v) is 10.9. The van der Waals surface area contributed by atoms with Crippen LogP contribution in [0, 0.1) is 5.92 Å². The number of carbonyl (C=O) groups is 3. The maximum absolute atomic E-state index is 13.6. The summed E-state index contributed by atoms with van der Waals surface area (Å²) < 4.78 is 5.90. The Labute approximate surface area is 305 Å². The first-order valence-corrected chi connectivity index (χ1v) is 18.9. The molecule has 1 aliphatic rings. The predicted molar refractivity (Wildman–Crippen MR) is 202 cm³/mol. The molecule has 0 bridgehead atoms. The molecule has 0 radical (unpaired) electrons. The Balaban J connectivity index is 1.23. The van der Waals surface area contributed by atoms with Gasteiger partial charge in [0.1, 0.15) is 11.8 Å². The van der Waals surface area contributed by atoms with E-state index in [0.717, 1.165) is 52.3 Å². The van der Waals surface area contributed by atoms with Crippen molar-refractivity contribution in [2.24, 2.45) is 5.92 Å². The fraction of sp³-hybridized carbons (Fsp3) is 0.439. The second-order valence-corrected chi connectivity index (χ2v) is 15.5. The Kier molecular flexibility index (Phi) is 13.0. The van der Waals surface area contributed by atoms with Crippen molar-refractivity contribution in [1.82, 2.24) is 20.6 Å². The number of nitrogens with zero attached hydrogens (tertiary/aromatic N) is 2. The number of hydrogen-bond acceptors (Lipinski definition) is 7. The SMILES string of the molecule is CCCCCCCOc1ccc(-c2cnc(-c3ccc(C[C@H](NC(=O)c4ccc(C(C)(C)C)s4)C(=O)N[C@H]4CCC[C@H]4C(=O)O)cc3)nc2)cc1. The van der Waals surface area contributed by atoms with E-state index in [4.69, 9.17) is 4.74 Å². The molecular formula is C41H50N4O5S. The van der Waals surface area contributed by atoms with Gasteiger partial charge in [-0.1, -0.05) is 96.2 Å². The molecule has 0 unspecified atom stereocenters. The van der Waals surface area contributed by atoms with Gasteiger partial charge in [-0.25, -0.2) is 9.97 Å². The van der Waals surface area contributed by atoms with Crippen LogP contribution in [0.4, 0.5) is 0 Å². The van der Waals surface area contributed by atoms with Gasteiger partial charge in [0.15, 0.2) is 5.82 Å². The van der Waals surface area contributed by atoms with E-state index in [2.05, 4.69) is 48.3 Å². The van der Waals surface area contributed by atoms with Crippen LogP contribution < -0.4 is 15.4 Å². The molecule has 2 heterocycles. The Morgan fingerprint density at radius 3 is 2.22 bits per heavy atom. The molecule has 2 amide bonds. The van der Waals surface area contributed by atoms with E-state index < -0.39 is 24.0 Å². The number of aromatic nitrogens is 2. The molecule has 51 heavy (non-hydrogen) atoms. The summed E-state index contributed by atoms with van der Waals surface area (Å²) in [5.74, 6) is -0.838. The average molecular weight is 711 g/mol. The van der Waals surface area contributed by atoms with Crippen molar-refractivity contribution in [1.29, 1.82) is 0 Å². The van der Waals surface area contributed by atoms with Gasteiger partial charge in [0, 0.05) is 40.9 Å². The quantitative estimate of drug-likeness (QED) is 0.0999. The summed E-state index contributed by atoms with van der Waals surface area (Å²) in [5, 5.41) is 15.5. The fourth-order valence-corrected chi connectivity index (χ4v) is 7.27. The normalized spacial score (nSPS) is 16.4. The van der Waals surface area contributed by atoms with Gasteiger partial charge >= 0.3 is 5.97 Å². The van der Waals surface area contributed by atoms with Crippen LogP contribution in [0.25, 0.3) is 22.5 Å². The zero-order chi connectivity index (χ0) is 36.4. The lowest BCUT2D eigenvalue weighted by atomic mass is 9.95. The largest absolute Gasteiger partial charge is 0.494 e. The number of nitrogens with one attached hydrogen (secondary N) is 2. The average Bonchev–Trinajstić information content (AvgIpc) is 3.81. The predicted octanol–water partition coefficient (Wildman–Crippen LogP) is 8.23. The molecular weight excluding hydrogens is 661 g/mol. The third kappa shape index (κ3) is 10.5. The molecule has 1 saturated carbocycles. The smallest absolute Gasteiger partial charge is 0.308 e. The second kappa shape index (κ2) is 17.6. The minimum absolute atomic E-state index is 0.103. The van der Waals surface area contributed by atoms with Crippen LogP contribution in [-0.4, -0.2) is 51.5 Å². The number of amides is 2. The van der Waals surface area contributed by atoms with Gasteiger partial charge in [-0.05, 0) is 60.1 Å². The van der Waals surface area contributed by atoms with E-state index in [1.807, 2.05) is 54.6 Å². The molecule has 5 rings (SSSR count). The maximum atomic E-state index is 13.6. The Morgan fingerprint density at radius 1 is 0.882 bits per heavy atom. The van der Waals surface area contributed by atoms with Gasteiger partial charge < -0.3 is 20.5 Å². The Morgan fingerprint density at radius 2 is 1.57 bits per heavy atom. The van der Waals surface area contributed by atoms with Crippen molar-refractivity contribution in [3.8, 4) is 28.3 Å². The minimum Gasteiger partial charge on any atom is -0.494 e. The molecule has 10 heteroatoms. The van der Waals surface area contributed by atoms with Crippen LogP contribution in [0.15, 0.2) is 73.1 Å². The highest BCUT2D eigenvalue weighted by atomic mass is 32.1. The molecule has 4 aromatic rings. The molecule has 270 valence electrons. The lowest BCUT2D eigenvalue weighted by molar-refractivity contribution is -0.142. The summed E-state index contributed by atoms with van der Waals surface area (Å²) in [6.07, 6.45) is 11.7. The van der Waals surface area contributed by atoms with E-state index in [1.165, 1.54) is 37.0 Å². The van der Waals surface area contributed by atoms with Crippen LogP contribution >= 0.6 is 11.3 Å². The van der Waals surface area contributed by atoms with Crippen molar-refractivity contribution in [2.45, 2.75) is 103 Å². The number of unbranched alkanes of at least 4 members (excludes halogenated alkanes) is 4. The summed E-state index contributed by atoms with van der Waals surface area (Å²) in [4.78, 5) is 49.6. The number of ether oxygens (including phenoxy) is 1. The molecule has 2 aromatic carbocycles. The monoisotopic (exact) mass is 710 g/mol. The summed E-state index contributed by atoms with van der Waals surface area (Å²) in [6, 6.07) is 18.0.